The molecule has 1 aliphatic rings. The summed E-state index contributed by atoms with van der Waals surface area (Å²) in [5, 5.41) is 47.6. The van der Waals surface area contributed by atoms with Crippen LogP contribution in [0.3, 0.4) is 0 Å². The molecule has 178 valence electrons. The van der Waals surface area contributed by atoms with Crippen LogP contribution >= 0.6 is 0 Å². The largest absolute Gasteiger partial charge is 0.493 e. The Balaban J connectivity index is 1.92. The fourth-order valence-corrected chi connectivity index (χ4v) is 3.10. The number of aromatic carboxylic acids is 1. The van der Waals surface area contributed by atoms with Crippen LogP contribution in [0.4, 0.5) is 0 Å². The van der Waals surface area contributed by atoms with Crippen LogP contribution in [0.15, 0.2) is 18.2 Å². The molecule has 2 rings (SSSR count). The predicted octanol–water partition coefficient (Wildman–Crippen LogP) is 0.314. The lowest BCUT2D eigenvalue weighted by atomic mass is 9.88. The van der Waals surface area contributed by atoms with E-state index >= 15 is 0 Å². The lowest BCUT2D eigenvalue weighted by Gasteiger charge is -2.39. The summed E-state index contributed by atoms with van der Waals surface area (Å²) in [7, 11) is 0. The van der Waals surface area contributed by atoms with E-state index in [4.69, 9.17) is 24.4 Å². The Labute approximate surface area is 184 Å². The lowest BCUT2D eigenvalue weighted by molar-refractivity contribution is -0.288. The number of carbonyl (C=O) groups excluding carboxylic acids is 1. The van der Waals surface area contributed by atoms with Crippen molar-refractivity contribution in [2.45, 2.75) is 64.3 Å². The molecule has 11 heteroatoms. The summed E-state index contributed by atoms with van der Waals surface area (Å²) in [4.78, 5) is 34.8. The van der Waals surface area contributed by atoms with Gasteiger partial charge < -0.3 is 39.7 Å². The monoisotopic (exact) mass is 456 g/mol. The Morgan fingerprint density at radius 1 is 1.06 bits per heavy atom. The maximum absolute atomic E-state index is 12.6. The normalized spacial score (nSPS) is 25.8. The summed E-state index contributed by atoms with van der Waals surface area (Å²) in [6, 6.07) is 4.51. The van der Waals surface area contributed by atoms with Gasteiger partial charge in [-0.2, -0.15) is 0 Å². The highest BCUT2D eigenvalue weighted by atomic mass is 16.7. The first-order valence-electron chi connectivity index (χ1n) is 9.95. The quantitative estimate of drug-likeness (QED) is 0.255. The second kappa shape index (κ2) is 10.3. The molecule has 0 radical (unpaired) electrons. The average Bonchev–Trinajstić information content (AvgIpc) is 2.72. The van der Waals surface area contributed by atoms with Crippen molar-refractivity contribution in [2.24, 2.45) is 5.41 Å². The van der Waals surface area contributed by atoms with Gasteiger partial charge in [0.15, 0.2) is 6.10 Å². The molecule has 5 N–H and O–H groups in total. The van der Waals surface area contributed by atoms with Crippen LogP contribution in [-0.4, -0.2) is 80.8 Å². The minimum Gasteiger partial charge on any atom is -0.493 e. The second-order valence-electron chi connectivity index (χ2n) is 8.26. The van der Waals surface area contributed by atoms with Crippen molar-refractivity contribution in [1.29, 1.82) is 0 Å². The second-order valence-corrected chi connectivity index (χ2v) is 8.26. The highest BCUT2D eigenvalue weighted by Crippen LogP contribution is 2.29. The van der Waals surface area contributed by atoms with E-state index in [0.717, 1.165) is 5.56 Å². The predicted molar refractivity (Wildman–Crippen MR) is 107 cm³/mol. The minimum atomic E-state index is -1.88. The summed E-state index contributed by atoms with van der Waals surface area (Å²) in [6.45, 7) is 5.10. The van der Waals surface area contributed by atoms with Crippen LogP contribution in [0.1, 0.15) is 42.6 Å². The molecule has 0 spiro atoms. The number of hydrogen-bond acceptors (Lipinski definition) is 9. The van der Waals surface area contributed by atoms with Crippen LogP contribution in [0.25, 0.3) is 0 Å². The number of benzene rings is 1. The first kappa shape index (κ1) is 25.5. The number of rotatable bonds is 9. The molecule has 1 fully saturated rings. The Morgan fingerprint density at radius 3 is 2.31 bits per heavy atom. The van der Waals surface area contributed by atoms with E-state index in [1.807, 2.05) is 0 Å². The van der Waals surface area contributed by atoms with E-state index in [1.165, 1.54) is 12.1 Å². The summed E-state index contributed by atoms with van der Waals surface area (Å²) in [6.07, 6.45) is -8.54. The Hall–Kier alpha value is -2.73. The van der Waals surface area contributed by atoms with E-state index < -0.39 is 54.0 Å². The molecule has 1 aliphatic heterocycles. The molecule has 0 saturated carbocycles. The molecule has 0 bridgehead atoms. The third kappa shape index (κ3) is 5.94. The SMILES string of the molecule is Cc1ccc(C(=O)O)cc1OCCCC(C)(C)C(=O)O[C@@H]1O[C@H](C(=O)O)[C@@H](O)[C@@H](O)[C@H]1O. The number of carbonyl (C=O) groups is 3. The van der Waals surface area contributed by atoms with Gasteiger partial charge in [0.05, 0.1) is 17.6 Å². The van der Waals surface area contributed by atoms with Crippen molar-refractivity contribution in [3.8, 4) is 5.75 Å². The first-order chi connectivity index (χ1) is 14.8. The highest BCUT2D eigenvalue weighted by molar-refractivity contribution is 5.88. The number of aliphatic hydroxyl groups is 3. The molecule has 0 amide bonds. The van der Waals surface area contributed by atoms with Crippen molar-refractivity contribution < 1.29 is 54.1 Å². The van der Waals surface area contributed by atoms with Gasteiger partial charge in [0.25, 0.3) is 0 Å². The van der Waals surface area contributed by atoms with Crippen molar-refractivity contribution in [3.63, 3.8) is 0 Å². The average molecular weight is 456 g/mol. The maximum atomic E-state index is 12.6. The van der Waals surface area contributed by atoms with Gasteiger partial charge in [-0.05, 0) is 51.3 Å². The smallest absolute Gasteiger partial charge is 0.335 e. The number of aliphatic hydroxyl groups excluding tert-OH is 3. The first-order valence-corrected chi connectivity index (χ1v) is 9.95. The number of aliphatic carboxylic acids is 1. The third-order valence-electron chi connectivity index (χ3n) is 5.23. The standard InChI is InChI=1S/C21H28O11/c1-10-5-6-11(17(25)26)9-12(10)30-8-4-7-21(2,3)20(29)32-19-15(24)13(22)14(23)16(31-19)18(27)28/h5-6,9,13-16,19,22-24H,4,7-8H2,1-3H3,(H,25,26)(H,27,28)/t13-,14+,15-,16+,19+/m1/s1. The molecule has 1 heterocycles. The summed E-state index contributed by atoms with van der Waals surface area (Å²) in [5.74, 6) is -3.05. The highest BCUT2D eigenvalue weighted by Gasteiger charge is 2.49. The topological polar surface area (TPSA) is 180 Å². The number of aryl methyl sites for hydroxylation is 1. The molecule has 0 aromatic heterocycles. The van der Waals surface area contributed by atoms with E-state index in [9.17, 15) is 29.7 Å². The molecule has 32 heavy (non-hydrogen) atoms. The van der Waals surface area contributed by atoms with Gasteiger partial charge in [0, 0.05) is 0 Å². The van der Waals surface area contributed by atoms with Crippen molar-refractivity contribution in [2.75, 3.05) is 6.61 Å². The zero-order valence-electron chi connectivity index (χ0n) is 17.9. The lowest BCUT2D eigenvalue weighted by Crippen LogP contribution is -2.61. The van der Waals surface area contributed by atoms with Crippen molar-refractivity contribution >= 4 is 17.9 Å². The van der Waals surface area contributed by atoms with Crippen LogP contribution < -0.4 is 4.74 Å². The third-order valence-corrected chi connectivity index (χ3v) is 5.23. The number of carboxylic acids is 2. The van der Waals surface area contributed by atoms with Crippen molar-refractivity contribution in [1.82, 2.24) is 0 Å². The van der Waals surface area contributed by atoms with E-state index in [-0.39, 0.29) is 18.6 Å². The van der Waals surface area contributed by atoms with E-state index in [2.05, 4.69) is 0 Å². The fourth-order valence-electron chi connectivity index (χ4n) is 3.10. The number of carboxylic acid groups (broad SMARTS) is 2. The molecular formula is C21H28O11. The van der Waals surface area contributed by atoms with Crippen LogP contribution in [-0.2, 0) is 19.1 Å². The summed E-state index contributed by atoms with van der Waals surface area (Å²) >= 11 is 0. The number of esters is 1. The van der Waals surface area contributed by atoms with Gasteiger partial charge in [-0.3, -0.25) is 4.79 Å². The molecule has 0 unspecified atom stereocenters. The van der Waals surface area contributed by atoms with Gasteiger partial charge >= 0.3 is 17.9 Å². The Kier molecular flexibility index (Phi) is 8.18. The molecule has 5 atom stereocenters. The van der Waals surface area contributed by atoms with Gasteiger partial charge in [-0.15, -0.1) is 0 Å². The van der Waals surface area contributed by atoms with Crippen LogP contribution in [0.2, 0.25) is 0 Å². The number of hydrogen-bond donors (Lipinski definition) is 5. The van der Waals surface area contributed by atoms with Gasteiger partial charge in [0.2, 0.25) is 6.29 Å². The summed E-state index contributed by atoms with van der Waals surface area (Å²) in [5.41, 5.74) is -0.234. The molecule has 1 saturated heterocycles. The Bertz CT molecular complexity index is 850. The minimum absolute atomic E-state index is 0.0903. The molecule has 1 aromatic rings. The molecule has 11 nitrogen and oxygen atoms in total. The van der Waals surface area contributed by atoms with Gasteiger partial charge in [0.1, 0.15) is 24.1 Å². The molecule has 0 aliphatic carbocycles. The van der Waals surface area contributed by atoms with E-state index in [1.54, 1.807) is 26.8 Å². The van der Waals surface area contributed by atoms with Crippen molar-refractivity contribution in [3.05, 3.63) is 29.3 Å². The van der Waals surface area contributed by atoms with Crippen LogP contribution in [0, 0.1) is 12.3 Å². The zero-order valence-corrected chi connectivity index (χ0v) is 17.9. The molecule has 1 aromatic carbocycles. The zero-order chi connectivity index (χ0) is 24.2. The Morgan fingerprint density at radius 2 is 1.72 bits per heavy atom. The van der Waals surface area contributed by atoms with Crippen LogP contribution in [0.5, 0.6) is 5.75 Å². The van der Waals surface area contributed by atoms with Gasteiger partial charge in [-0.25, -0.2) is 9.59 Å². The van der Waals surface area contributed by atoms with E-state index in [0.29, 0.717) is 12.2 Å². The summed E-state index contributed by atoms with van der Waals surface area (Å²) < 4.78 is 15.7. The molecular weight excluding hydrogens is 428 g/mol. The maximum Gasteiger partial charge on any atom is 0.335 e. The number of ether oxygens (including phenoxy) is 3. The fraction of sp³-hybridized carbons (Fsp3) is 0.571. The van der Waals surface area contributed by atoms with Gasteiger partial charge in [-0.1, -0.05) is 6.07 Å².